The highest BCUT2D eigenvalue weighted by molar-refractivity contribution is 9.10. The van der Waals surface area contributed by atoms with Crippen LogP contribution < -0.4 is 10.1 Å². The summed E-state index contributed by atoms with van der Waals surface area (Å²) in [7, 11) is 0. The van der Waals surface area contributed by atoms with Crippen molar-refractivity contribution in [1.29, 1.82) is 0 Å². The first-order valence-electron chi connectivity index (χ1n) is 7.37. The Morgan fingerprint density at radius 3 is 2.95 bits per heavy atom. The van der Waals surface area contributed by atoms with Gasteiger partial charge in [0.2, 0.25) is 0 Å². The third kappa shape index (κ3) is 2.82. The topological polar surface area (TPSA) is 21.3 Å². The van der Waals surface area contributed by atoms with E-state index in [2.05, 4.69) is 46.4 Å². The highest BCUT2D eigenvalue weighted by atomic mass is 79.9. The summed E-state index contributed by atoms with van der Waals surface area (Å²) in [4.78, 5) is 0. The van der Waals surface area contributed by atoms with E-state index in [4.69, 9.17) is 4.74 Å². The number of fused-ring (bicyclic) bond motifs is 1. The summed E-state index contributed by atoms with van der Waals surface area (Å²) in [6.45, 7) is 4.44. The summed E-state index contributed by atoms with van der Waals surface area (Å²) >= 11 is 3.52. The average molecular weight is 324 g/mol. The highest BCUT2D eigenvalue weighted by Gasteiger charge is 2.34. The standard InChI is InChI=1S/C16H22BrNO/c1-2-16(6-3-7-16)11-18-10-14-9-12-8-13(17)4-5-15(12)19-14/h4-5,8,14,18H,2-3,6-7,9-11H2,1H3. The first kappa shape index (κ1) is 13.4. The molecule has 1 N–H and O–H groups in total. The van der Waals surface area contributed by atoms with Crippen LogP contribution in [0.15, 0.2) is 22.7 Å². The molecule has 1 fully saturated rings. The zero-order chi connectivity index (χ0) is 13.3. The molecule has 0 radical (unpaired) electrons. The zero-order valence-electron chi connectivity index (χ0n) is 11.5. The van der Waals surface area contributed by atoms with Gasteiger partial charge in [0.05, 0.1) is 0 Å². The molecular formula is C16H22BrNO. The molecule has 0 spiro atoms. The van der Waals surface area contributed by atoms with Gasteiger partial charge >= 0.3 is 0 Å². The second-order valence-electron chi connectivity index (χ2n) is 6.03. The van der Waals surface area contributed by atoms with Gasteiger partial charge in [0.15, 0.2) is 0 Å². The normalized spacial score (nSPS) is 23.6. The smallest absolute Gasteiger partial charge is 0.123 e. The summed E-state index contributed by atoms with van der Waals surface area (Å²) < 4.78 is 7.12. The number of halogens is 1. The van der Waals surface area contributed by atoms with Crippen molar-refractivity contribution in [2.45, 2.75) is 45.1 Å². The van der Waals surface area contributed by atoms with Crippen molar-refractivity contribution in [3.8, 4) is 5.75 Å². The van der Waals surface area contributed by atoms with Crippen molar-refractivity contribution < 1.29 is 4.74 Å². The van der Waals surface area contributed by atoms with Crippen LogP contribution in [0.5, 0.6) is 5.75 Å². The van der Waals surface area contributed by atoms with E-state index in [1.54, 1.807) is 0 Å². The molecule has 19 heavy (non-hydrogen) atoms. The number of hydrogen-bond donors (Lipinski definition) is 1. The molecule has 1 aliphatic carbocycles. The van der Waals surface area contributed by atoms with Gasteiger partial charge in [-0.1, -0.05) is 29.3 Å². The van der Waals surface area contributed by atoms with E-state index in [0.717, 1.165) is 29.7 Å². The maximum absolute atomic E-state index is 5.98. The number of rotatable bonds is 5. The van der Waals surface area contributed by atoms with Crippen molar-refractivity contribution in [2.24, 2.45) is 5.41 Å². The van der Waals surface area contributed by atoms with Gasteiger partial charge in [-0.15, -0.1) is 0 Å². The molecule has 0 amide bonds. The lowest BCUT2D eigenvalue weighted by Gasteiger charge is -2.41. The minimum absolute atomic E-state index is 0.304. The summed E-state index contributed by atoms with van der Waals surface area (Å²) in [5.41, 5.74) is 1.92. The average Bonchev–Trinajstić information content (AvgIpc) is 2.74. The summed E-state index contributed by atoms with van der Waals surface area (Å²) in [6, 6.07) is 6.29. The van der Waals surface area contributed by atoms with Crippen molar-refractivity contribution >= 4 is 15.9 Å². The molecule has 0 saturated heterocycles. The fourth-order valence-electron chi connectivity index (χ4n) is 3.23. The molecule has 3 rings (SSSR count). The predicted molar refractivity (Wildman–Crippen MR) is 81.7 cm³/mol. The molecule has 0 bridgehead atoms. The molecule has 1 aliphatic heterocycles. The Balaban J connectivity index is 1.48. The van der Waals surface area contributed by atoms with Gasteiger partial charge in [-0.05, 0) is 48.4 Å². The molecule has 2 aliphatic rings. The van der Waals surface area contributed by atoms with E-state index < -0.39 is 0 Å². The summed E-state index contributed by atoms with van der Waals surface area (Å²) in [5.74, 6) is 1.06. The highest BCUT2D eigenvalue weighted by Crippen LogP contribution is 2.43. The molecule has 0 aromatic heterocycles. The number of hydrogen-bond acceptors (Lipinski definition) is 2. The third-order valence-electron chi connectivity index (χ3n) is 4.80. The lowest BCUT2D eigenvalue weighted by Crippen LogP contribution is -2.42. The number of benzene rings is 1. The van der Waals surface area contributed by atoms with Crippen LogP contribution in [0.3, 0.4) is 0 Å². The first-order valence-corrected chi connectivity index (χ1v) is 8.16. The SMILES string of the molecule is CCC1(CNCC2Cc3cc(Br)ccc3O2)CCC1. The van der Waals surface area contributed by atoms with Crippen molar-refractivity contribution in [1.82, 2.24) is 5.32 Å². The predicted octanol–water partition coefficient (Wildman–Crippen LogP) is 3.92. The Labute approximate surface area is 124 Å². The van der Waals surface area contributed by atoms with Gasteiger partial charge in [-0.3, -0.25) is 0 Å². The first-order chi connectivity index (χ1) is 9.21. The Hall–Kier alpha value is -0.540. The molecule has 3 heteroatoms. The monoisotopic (exact) mass is 323 g/mol. The largest absolute Gasteiger partial charge is 0.488 e. The molecular weight excluding hydrogens is 302 g/mol. The van der Waals surface area contributed by atoms with Crippen molar-refractivity contribution in [3.05, 3.63) is 28.2 Å². The molecule has 1 aromatic carbocycles. The van der Waals surface area contributed by atoms with Crippen LogP contribution >= 0.6 is 15.9 Å². The Kier molecular flexibility index (Phi) is 3.86. The summed E-state index contributed by atoms with van der Waals surface area (Å²) in [6.07, 6.45) is 6.84. The Morgan fingerprint density at radius 2 is 2.26 bits per heavy atom. The van der Waals surface area contributed by atoms with Gasteiger partial charge in [0.25, 0.3) is 0 Å². The van der Waals surface area contributed by atoms with Crippen LogP contribution in [0.1, 0.15) is 38.2 Å². The van der Waals surface area contributed by atoms with Crippen molar-refractivity contribution in [3.63, 3.8) is 0 Å². The molecule has 104 valence electrons. The van der Waals surface area contributed by atoms with Gasteiger partial charge in [0, 0.05) is 24.0 Å². The van der Waals surface area contributed by atoms with Crippen LogP contribution in [-0.2, 0) is 6.42 Å². The van der Waals surface area contributed by atoms with E-state index in [0.29, 0.717) is 11.5 Å². The van der Waals surface area contributed by atoms with Gasteiger partial charge in [0.1, 0.15) is 11.9 Å². The second kappa shape index (κ2) is 5.45. The second-order valence-corrected chi connectivity index (χ2v) is 6.95. The maximum atomic E-state index is 5.98. The minimum Gasteiger partial charge on any atom is -0.488 e. The fraction of sp³-hybridized carbons (Fsp3) is 0.625. The van der Waals surface area contributed by atoms with Crippen LogP contribution in [0.25, 0.3) is 0 Å². The maximum Gasteiger partial charge on any atom is 0.123 e. The van der Waals surface area contributed by atoms with Crippen molar-refractivity contribution in [2.75, 3.05) is 13.1 Å². The Bertz CT molecular complexity index is 451. The molecule has 2 nitrogen and oxygen atoms in total. The molecule has 1 unspecified atom stereocenters. The van der Waals surface area contributed by atoms with Crippen LogP contribution in [0.2, 0.25) is 0 Å². The van der Waals surface area contributed by atoms with Crippen LogP contribution in [0, 0.1) is 5.41 Å². The molecule has 1 saturated carbocycles. The number of nitrogens with one attached hydrogen (secondary N) is 1. The fourth-order valence-corrected chi connectivity index (χ4v) is 3.64. The summed E-state index contributed by atoms with van der Waals surface area (Å²) in [5, 5.41) is 3.63. The lowest BCUT2D eigenvalue weighted by atomic mass is 9.67. The van der Waals surface area contributed by atoms with Crippen LogP contribution in [0.4, 0.5) is 0 Å². The van der Waals surface area contributed by atoms with Gasteiger partial charge in [-0.2, -0.15) is 0 Å². The number of ether oxygens (including phenoxy) is 1. The van der Waals surface area contributed by atoms with E-state index >= 15 is 0 Å². The van der Waals surface area contributed by atoms with Gasteiger partial charge in [-0.25, -0.2) is 0 Å². The van der Waals surface area contributed by atoms with E-state index in [9.17, 15) is 0 Å². The molecule has 1 heterocycles. The van der Waals surface area contributed by atoms with E-state index in [-0.39, 0.29) is 0 Å². The van der Waals surface area contributed by atoms with E-state index in [1.165, 1.54) is 31.2 Å². The molecule has 1 aromatic rings. The van der Waals surface area contributed by atoms with Gasteiger partial charge < -0.3 is 10.1 Å². The molecule has 1 atom stereocenters. The minimum atomic E-state index is 0.304. The Morgan fingerprint density at radius 1 is 1.42 bits per heavy atom. The van der Waals surface area contributed by atoms with Crippen LogP contribution in [-0.4, -0.2) is 19.2 Å². The van der Waals surface area contributed by atoms with E-state index in [1.807, 2.05) is 0 Å². The zero-order valence-corrected chi connectivity index (χ0v) is 13.1. The lowest BCUT2D eigenvalue weighted by molar-refractivity contribution is 0.117. The third-order valence-corrected chi connectivity index (χ3v) is 5.29. The quantitative estimate of drug-likeness (QED) is 0.886.